The second-order valence-corrected chi connectivity index (χ2v) is 16.1. The van der Waals surface area contributed by atoms with Gasteiger partial charge >= 0.3 is 6.72 Å². The van der Waals surface area contributed by atoms with Crippen LogP contribution in [0.4, 0.5) is 17.5 Å². The number of nitrogen functional groups attached to an aromatic ring is 2. The van der Waals surface area contributed by atoms with Crippen LogP contribution in [0.1, 0.15) is 18.2 Å². The molecule has 4 aliphatic heterocycles. The molecule has 17 nitrogen and oxygen atoms in total. The predicted molar refractivity (Wildman–Crippen MR) is 167 cm³/mol. The molecule has 0 spiro atoms. The minimum Gasteiger partial charge on any atom is -0.383 e. The molecule has 4 fully saturated rings. The highest BCUT2D eigenvalue weighted by molar-refractivity contribution is 8.46. The summed E-state index contributed by atoms with van der Waals surface area (Å²) < 4.78 is 45.4. The first-order chi connectivity index (χ1) is 21.6. The third-order valence-corrected chi connectivity index (χ3v) is 11.6. The van der Waals surface area contributed by atoms with Crippen LogP contribution in [-0.4, -0.2) is 90.4 Å². The summed E-state index contributed by atoms with van der Waals surface area (Å²) in [6, 6.07) is 0. The molecule has 4 saturated heterocycles. The lowest BCUT2D eigenvalue weighted by atomic mass is 10.0. The van der Waals surface area contributed by atoms with Gasteiger partial charge in [-0.2, -0.15) is 0 Å². The van der Waals surface area contributed by atoms with Crippen LogP contribution in [0.5, 0.6) is 0 Å². The van der Waals surface area contributed by atoms with Crippen molar-refractivity contribution in [3.63, 3.8) is 0 Å². The van der Waals surface area contributed by atoms with Gasteiger partial charge in [-0.15, -0.1) is 0 Å². The number of anilines is 3. The van der Waals surface area contributed by atoms with Crippen LogP contribution in [0.2, 0.25) is 0 Å². The number of aromatic nitrogens is 6. The van der Waals surface area contributed by atoms with Gasteiger partial charge in [0.1, 0.15) is 53.7 Å². The Morgan fingerprint density at radius 2 is 2.04 bits per heavy atom. The van der Waals surface area contributed by atoms with E-state index in [9.17, 15) is 4.89 Å². The molecule has 5 N–H and O–H groups in total. The summed E-state index contributed by atoms with van der Waals surface area (Å²) in [5.41, 5.74) is 18.3. The molecule has 7 heterocycles. The zero-order valence-corrected chi connectivity index (χ0v) is 27.1. The molecule has 4 bridgehead atoms. The van der Waals surface area contributed by atoms with Crippen molar-refractivity contribution in [1.82, 2.24) is 29.5 Å². The first kappa shape index (κ1) is 31.1. The summed E-state index contributed by atoms with van der Waals surface area (Å²) in [5, 5.41) is 0. The van der Waals surface area contributed by atoms with E-state index in [1.54, 1.807) is 22.6 Å². The summed E-state index contributed by atoms with van der Waals surface area (Å²) in [5.74, 6) is 0.994. The van der Waals surface area contributed by atoms with Crippen molar-refractivity contribution in [2.75, 3.05) is 36.2 Å². The van der Waals surface area contributed by atoms with Crippen LogP contribution in [-0.2, 0) is 44.1 Å². The fourth-order valence-electron chi connectivity index (χ4n) is 5.83. The summed E-state index contributed by atoms with van der Waals surface area (Å²) in [6.45, 7) is 1.77. The van der Waals surface area contributed by atoms with Crippen molar-refractivity contribution in [3.05, 3.63) is 37.3 Å². The molecule has 3 aromatic rings. The number of fused-ring (bicyclic) bond motifs is 3. The third kappa shape index (κ3) is 5.51. The first-order valence-corrected chi connectivity index (χ1v) is 18.9. The summed E-state index contributed by atoms with van der Waals surface area (Å²) in [7, 11) is -0.802. The van der Waals surface area contributed by atoms with Crippen LogP contribution in [0.15, 0.2) is 31.8 Å². The number of rotatable bonds is 4. The molecule has 0 saturated carbocycles. The lowest BCUT2D eigenvalue weighted by Gasteiger charge is -2.36. The van der Waals surface area contributed by atoms with E-state index in [4.69, 9.17) is 61.3 Å². The maximum absolute atomic E-state index is 11.3. The Morgan fingerprint density at radius 3 is 2.84 bits per heavy atom. The van der Waals surface area contributed by atoms with Crippen LogP contribution < -0.4 is 16.4 Å². The van der Waals surface area contributed by atoms with E-state index in [0.29, 0.717) is 34.8 Å². The van der Waals surface area contributed by atoms with Gasteiger partial charge in [-0.1, -0.05) is 23.1 Å². The smallest absolute Gasteiger partial charge is 0.325 e. The molecule has 9 atom stereocenters. The van der Waals surface area contributed by atoms with E-state index >= 15 is 0 Å². The molecule has 0 aliphatic carbocycles. The molecule has 0 aromatic carbocycles. The van der Waals surface area contributed by atoms with Gasteiger partial charge < -0.3 is 53.6 Å². The molecular weight excluding hydrogens is 668 g/mol. The molecule has 240 valence electrons. The first-order valence-electron chi connectivity index (χ1n) is 13.6. The van der Waals surface area contributed by atoms with Crippen LogP contribution >= 0.6 is 25.1 Å². The minimum atomic E-state index is -3.90. The second kappa shape index (κ2) is 12.0. The molecule has 45 heavy (non-hydrogen) atoms. The topological polar surface area (TPSA) is 210 Å². The Morgan fingerprint density at radius 1 is 1.24 bits per heavy atom. The van der Waals surface area contributed by atoms with Gasteiger partial charge in [0.25, 0.3) is 7.58 Å². The number of hydrogen-bond donors (Lipinski definition) is 3. The Bertz CT molecular complexity index is 1730. The van der Waals surface area contributed by atoms with E-state index in [0.717, 1.165) is 10.8 Å². The number of hydrogen-bond acceptors (Lipinski definition) is 16. The predicted octanol–water partition coefficient (Wildman–Crippen LogP) is 2.10. The minimum absolute atomic E-state index is 0.0718. The highest BCUT2D eigenvalue weighted by Gasteiger charge is 2.65. The molecule has 7 rings (SSSR count). The quantitative estimate of drug-likeness (QED) is 0.333. The number of imidazole rings is 1. The normalized spacial score (nSPS) is 36.5. The maximum Gasteiger partial charge on any atom is 0.325 e. The fourth-order valence-corrected chi connectivity index (χ4v) is 9.05. The van der Waals surface area contributed by atoms with Gasteiger partial charge in [0, 0.05) is 18.2 Å². The van der Waals surface area contributed by atoms with Crippen molar-refractivity contribution in [2.45, 2.75) is 55.8 Å². The van der Waals surface area contributed by atoms with E-state index in [-0.39, 0.29) is 25.6 Å². The van der Waals surface area contributed by atoms with Crippen molar-refractivity contribution < 1.29 is 37.2 Å². The standard InChI is InChI=1S/C24H29N9O8P2S2/c1-4-32(20-12(2)18(25)27-9-29-20)23-16-17-24(39-23,7-35-16)8-37-43(34,44)41-14-5-13(6-36-42(40-17)45-3)38-22(14)33-11-31-15-19(26)28-10-30-21(15)33/h3-4,9-11,13-14,16-17,22-23H,1,5-8H2,2H3,(H,34,44)(H2,25,27,29)(H2,26,28,30)/t13-,14+,16+,17-,22+,23+,24+,42-,43?/m0/s1. The van der Waals surface area contributed by atoms with Crippen LogP contribution in [0, 0.1) is 12.6 Å². The highest BCUT2D eigenvalue weighted by atomic mass is 32.7. The highest BCUT2D eigenvalue weighted by Crippen LogP contribution is 2.57. The molecule has 0 radical (unpaired) electrons. The summed E-state index contributed by atoms with van der Waals surface area (Å²) in [6.07, 6.45) is 1.83. The maximum atomic E-state index is 11.3. The van der Waals surface area contributed by atoms with E-state index in [1.807, 2.05) is 0 Å². The van der Waals surface area contributed by atoms with Crippen molar-refractivity contribution in [3.8, 4) is 5.69 Å². The van der Waals surface area contributed by atoms with Gasteiger partial charge in [-0.3, -0.25) is 4.57 Å². The molecular formula is C24H29N9O8P2S2. The summed E-state index contributed by atoms with van der Waals surface area (Å²) >= 11 is 5.50. The number of nitrogens with two attached hydrogens (primary N) is 2. The lowest BCUT2D eigenvalue weighted by molar-refractivity contribution is -0.156. The fraction of sp³-hybridized carbons (Fsp3) is 0.500. The van der Waals surface area contributed by atoms with Gasteiger partial charge in [0.15, 0.2) is 23.9 Å². The third-order valence-electron chi connectivity index (χ3n) is 7.98. The Balaban J connectivity index is 1.19. The van der Waals surface area contributed by atoms with Crippen molar-refractivity contribution >= 4 is 65.5 Å². The van der Waals surface area contributed by atoms with E-state index < -0.39 is 56.8 Å². The van der Waals surface area contributed by atoms with Crippen LogP contribution in [0.3, 0.4) is 0 Å². The van der Waals surface area contributed by atoms with Gasteiger partial charge in [0.05, 0.1) is 32.3 Å². The monoisotopic (exact) mass is 697 g/mol. The average Bonchev–Trinajstić information content (AvgIpc) is 3.77. The largest absolute Gasteiger partial charge is 0.383 e. The number of ether oxygens (including phenoxy) is 3. The molecule has 0 amide bonds. The molecule has 4 aliphatic rings. The average molecular weight is 698 g/mol. The lowest BCUT2D eigenvalue weighted by Crippen LogP contribution is -2.48. The summed E-state index contributed by atoms with van der Waals surface area (Å²) in [4.78, 5) is 34.1. The van der Waals surface area contributed by atoms with Gasteiger partial charge in [-0.25, -0.2) is 24.9 Å². The molecule has 3 aromatic heterocycles. The van der Waals surface area contributed by atoms with Crippen molar-refractivity contribution in [1.29, 1.82) is 0 Å². The number of nitrogens with zero attached hydrogens (tertiary/aromatic N) is 7. The van der Waals surface area contributed by atoms with Crippen molar-refractivity contribution in [2.24, 2.45) is 0 Å². The zero-order chi connectivity index (χ0) is 31.5. The van der Waals surface area contributed by atoms with E-state index in [2.05, 4.69) is 31.5 Å². The molecule has 1 unspecified atom stereocenters. The molecule has 21 heteroatoms. The van der Waals surface area contributed by atoms with E-state index in [1.165, 1.54) is 19.0 Å². The second-order valence-electron chi connectivity index (χ2n) is 10.7. The van der Waals surface area contributed by atoms with Crippen LogP contribution in [0.25, 0.3) is 11.2 Å². The zero-order valence-electron chi connectivity index (χ0n) is 23.7. The Labute approximate surface area is 266 Å². The van der Waals surface area contributed by atoms with Gasteiger partial charge in [-0.05, 0) is 18.7 Å². The Hall–Kier alpha value is -2.47. The Kier molecular flexibility index (Phi) is 8.28. The SMILES string of the molecule is C#S[P@@]1OC[C@@H]2C[C@@H](OP(O)(=S)OC[C@@]34CO[C@@H]([C@H](N(C=C)c5ncnc(N)c5C)O3)[C@@H]4O1)[C@H](n1cnc3c(N)ncnc31)O2. The van der Waals surface area contributed by atoms with Gasteiger partial charge in [0.2, 0.25) is 0 Å².